The first kappa shape index (κ1) is 14.8. The number of nitrogens with zero attached hydrogens (tertiary/aromatic N) is 1. The van der Waals surface area contributed by atoms with Gasteiger partial charge in [0, 0.05) is 31.8 Å². The molecule has 0 radical (unpaired) electrons. The third-order valence-electron chi connectivity index (χ3n) is 3.22. The Labute approximate surface area is 118 Å². The second-order valence-electron chi connectivity index (χ2n) is 4.78. The Morgan fingerprint density at radius 1 is 1.47 bits per heavy atom. The van der Waals surface area contributed by atoms with Crippen LogP contribution in [-0.2, 0) is 9.47 Å². The van der Waals surface area contributed by atoms with Crippen LogP contribution < -0.4 is 0 Å². The van der Waals surface area contributed by atoms with Gasteiger partial charge in [0.2, 0.25) is 0 Å². The molecule has 0 saturated carbocycles. The van der Waals surface area contributed by atoms with Crippen LogP contribution in [-0.4, -0.2) is 56.1 Å². The molecule has 1 aliphatic heterocycles. The molecule has 0 unspecified atom stereocenters. The highest BCUT2D eigenvalue weighted by Crippen LogP contribution is 2.23. The summed E-state index contributed by atoms with van der Waals surface area (Å²) in [5.74, 6) is 0. The van der Waals surface area contributed by atoms with E-state index in [1.165, 1.54) is 0 Å². The number of aliphatic hydroxyl groups excluding tert-OH is 1. The molecule has 5 heteroatoms. The minimum absolute atomic E-state index is 0.0424. The Morgan fingerprint density at radius 3 is 2.89 bits per heavy atom. The Balaban J connectivity index is 1.91. The van der Waals surface area contributed by atoms with Crippen molar-refractivity contribution in [3.8, 4) is 0 Å². The summed E-state index contributed by atoms with van der Waals surface area (Å²) in [5, 5.41) is 10.5. The van der Waals surface area contributed by atoms with Gasteiger partial charge in [-0.25, -0.2) is 0 Å². The summed E-state index contributed by atoms with van der Waals surface area (Å²) in [6.45, 7) is 3.27. The zero-order chi connectivity index (χ0) is 13.7. The minimum atomic E-state index is -0.450. The van der Waals surface area contributed by atoms with E-state index >= 15 is 0 Å². The zero-order valence-corrected chi connectivity index (χ0v) is 11.8. The third-order valence-corrected chi connectivity index (χ3v) is 3.47. The lowest BCUT2D eigenvalue weighted by molar-refractivity contribution is -0.0494. The highest BCUT2D eigenvalue weighted by molar-refractivity contribution is 6.30. The van der Waals surface area contributed by atoms with Crippen molar-refractivity contribution >= 4 is 11.6 Å². The second kappa shape index (κ2) is 7.22. The maximum Gasteiger partial charge on any atom is 0.0952 e. The number of β-amino-alcohol motifs (C(OH)–C–C–N with tert-alkyl or cyclic N) is 1. The van der Waals surface area contributed by atoms with Crippen molar-refractivity contribution in [3.63, 3.8) is 0 Å². The van der Waals surface area contributed by atoms with E-state index in [1.54, 1.807) is 7.11 Å². The summed E-state index contributed by atoms with van der Waals surface area (Å²) >= 11 is 5.88. The molecule has 0 aromatic heterocycles. The number of morpholine rings is 1. The molecule has 1 aromatic carbocycles. The fourth-order valence-corrected chi connectivity index (χ4v) is 2.42. The van der Waals surface area contributed by atoms with Gasteiger partial charge in [0.1, 0.15) is 0 Å². The van der Waals surface area contributed by atoms with Crippen molar-refractivity contribution in [2.24, 2.45) is 0 Å². The summed E-state index contributed by atoms with van der Waals surface area (Å²) < 4.78 is 10.7. The monoisotopic (exact) mass is 285 g/mol. The maximum atomic E-state index is 9.77. The second-order valence-corrected chi connectivity index (χ2v) is 5.22. The highest BCUT2D eigenvalue weighted by atomic mass is 35.5. The Hall–Kier alpha value is -0.650. The van der Waals surface area contributed by atoms with Crippen LogP contribution in [0.15, 0.2) is 24.3 Å². The number of halogens is 1. The van der Waals surface area contributed by atoms with Crippen LogP contribution in [0.3, 0.4) is 0 Å². The highest BCUT2D eigenvalue weighted by Gasteiger charge is 2.23. The number of aliphatic hydroxyl groups is 1. The Bertz CT molecular complexity index is 385. The van der Waals surface area contributed by atoms with Crippen molar-refractivity contribution in [3.05, 3.63) is 34.9 Å². The molecule has 106 valence electrons. The molecule has 4 nitrogen and oxygen atoms in total. The summed E-state index contributed by atoms with van der Waals surface area (Å²) in [7, 11) is 1.60. The standard InChI is InChI=1S/C14H20ClNO3/c1-18-10-13(17)8-16-6-7-19-14(9-16)11-2-4-12(15)5-3-11/h2-5,13-14,17H,6-10H2,1H3/t13-,14+/m1/s1. The number of benzene rings is 1. The normalized spacial score (nSPS) is 22.4. The van der Waals surface area contributed by atoms with Gasteiger partial charge in [-0.1, -0.05) is 23.7 Å². The van der Waals surface area contributed by atoms with E-state index in [-0.39, 0.29) is 6.10 Å². The topological polar surface area (TPSA) is 41.9 Å². The van der Waals surface area contributed by atoms with Gasteiger partial charge in [-0.2, -0.15) is 0 Å². The van der Waals surface area contributed by atoms with Crippen molar-refractivity contribution in [2.45, 2.75) is 12.2 Å². The maximum absolute atomic E-state index is 9.77. The van der Waals surface area contributed by atoms with Crippen molar-refractivity contribution in [1.82, 2.24) is 4.90 Å². The smallest absolute Gasteiger partial charge is 0.0952 e. The lowest BCUT2D eigenvalue weighted by Gasteiger charge is -2.34. The van der Waals surface area contributed by atoms with Gasteiger partial charge in [-0.05, 0) is 17.7 Å². The molecular weight excluding hydrogens is 266 g/mol. The van der Waals surface area contributed by atoms with Crippen molar-refractivity contribution < 1.29 is 14.6 Å². The quantitative estimate of drug-likeness (QED) is 0.894. The lowest BCUT2D eigenvalue weighted by atomic mass is 10.1. The molecule has 0 aliphatic carbocycles. The lowest BCUT2D eigenvalue weighted by Crippen LogP contribution is -2.43. The predicted octanol–water partition coefficient (Wildman–Crippen LogP) is 1.72. The average Bonchev–Trinajstić information content (AvgIpc) is 2.40. The molecular formula is C14H20ClNO3. The van der Waals surface area contributed by atoms with E-state index in [0.717, 1.165) is 23.7 Å². The van der Waals surface area contributed by atoms with Gasteiger partial charge in [-0.15, -0.1) is 0 Å². The molecule has 1 aliphatic rings. The molecule has 1 heterocycles. The first-order valence-corrected chi connectivity index (χ1v) is 6.83. The summed E-state index contributed by atoms with van der Waals surface area (Å²) in [5.41, 5.74) is 1.12. The van der Waals surface area contributed by atoms with Gasteiger partial charge < -0.3 is 14.6 Å². The predicted molar refractivity (Wildman–Crippen MR) is 74.5 cm³/mol. The van der Waals surface area contributed by atoms with E-state index in [1.807, 2.05) is 24.3 Å². The van der Waals surface area contributed by atoms with Crippen LogP contribution in [0.5, 0.6) is 0 Å². The van der Waals surface area contributed by atoms with Gasteiger partial charge in [0.25, 0.3) is 0 Å². The Morgan fingerprint density at radius 2 is 2.21 bits per heavy atom. The van der Waals surface area contributed by atoms with Gasteiger partial charge in [-0.3, -0.25) is 4.90 Å². The Kier molecular flexibility index (Phi) is 5.60. The molecule has 0 amide bonds. The zero-order valence-electron chi connectivity index (χ0n) is 11.1. The number of methoxy groups -OCH3 is 1. The largest absolute Gasteiger partial charge is 0.389 e. The van der Waals surface area contributed by atoms with Crippen LogP contribution in [0.25, 0.3) is 0 Å². The molecule has 1 N–H and O–H groups in total. The minimum Gasteiger partial charge on any atom is -0.389 e. The van der Waals surface area contributed by atoms with Crippen molar-refractivity contribution in [2.75, 3.05) is 40.0 Å². The molecule has 0 spiro atoms. The SMILES string of the molecule is COC[C@H](O)CN1CCO[C@H](c2ccc(Cl)cc2)C1. The van der Waals surface area contributed by atoms with Crippen LogP contribution in [0.4, 0.5) is 0 Å². The van der Waals surface area contributed by atoms with Gasteiger partial charge in [0.05, 0.1) is 25.4 Å². The van der Waals surface area contributed by atoms with E-state index in [2.05, 4.69) is 4.90 Å². The van der Waals surface area contributed by atoms with Crippen LogP contribution in [0.2, 0.25) is 5.02 Å². The van der Waals surface area contributed by atoms with E-state index in [0.29, 0.717) is 19.8 Å². The molecule has 1 fully saturated rings. The molecule has 19 heavy (non-hydrogen) atoms. The molecule has 2 rings (SSSR count). The summed E-state index contributed by atoms with van der Waals surface area (Å²) in [4.78, 5) is 2.20. The third kappa shape index (κ3) is 4.44. The van der Waals surface area contributed by atoms with E-state index in [9.17, 15) is 5.11 Å². The summed E-state index contributed by atoms with van der Waals surface area (Å²) in [6, 6.07) is 7.72. The van der Waals surface area contributed by atoms with E-state index in [4.69, 9.17) is 21.1 Å². The van der Waals surface area contributed by atoms with Gasteiger partial charge >= 0.3 is 0 Å². The van der Waals surface area contributed by atoms with Gasteiger partial charge in [0.15, 0.2) is 0 Å². The fraction of sp³-hybridized carbons (Fsp3) is 0.571. The first-order chi connectivity index (χ1) is 9.19. The van der Waals surface area contributed by atoms with E-state index < -0.39 is 6.10 Å². The molecule has 2 atom stereocenters. The number of ether oxygens (including phenoxy) is 2. The van der Waals surface area contributed by atoms with Crippen LogP contribution in [0.1, 0.15) is 11.7 Å². The first-order valence-electron chi connectivity index (χ1n) is 6.45. The average molecular weight is 286 g/mol. The number of rotatable bonds is 5. The number of hydrogen-bond donors (Lipinski definition) is 1. The van der Waals surface area contributed by atoms with Crippen LogP contribution >= 0.6 is 11.6 Å². The molecule has 1 aromatic rings. The fourth-order valence-electron chi connectivity index (χ4n) is 2.29. The number of hydrogen-bond acceptors (Lipinski definition) is 4. The summed E-state index contributed by atoms with van der Waals surface area (Å²) in [6.07, 6.45) is -0.408. The van der Waals surface area contributed by atoms with Crippen LogP contribution in [0, 0.1) is 0 Å². The van der Waals surface area contributed by atoms with Crippen molar-refractivity contribution in [1.29, 1.82) is 0 Å². The molecule has 0 bridgehead atoms. The molecule has 1 saturated heterocycles.